The number of sulfone groups is 1. The van der Waals surface area contributed by atoms with Crippen LogP contribution in [0.25, 0.3) is 11.1 Å². The third-order valence-corrected chi connectivity index (χ3v) is 10.1. The molecule has 2 N–H and O–H groups in total. The number of aromatic hydroxyl groups is 2. The smallest absolute Gasteiger partial charge is 0.453 e. The normalized spacial score (nSPS) is 14.6. The van der Waals surface area contributed by atoms with Crippen LogP contribution in [0.3, 0.4) is 0 Å². The topological polar surface area (TPSA) is 77.8 Å². The predicted molar refractivity (Wildman–Crippen MR) is 165 cm³/mol. The molecular formula is C33H43F6NO4S. The van der Waals surface area contributed by atoms with Crippen LogP contribution in [-0.2, 0) is 16.3 Å². The van der Waals surface area contributed by atoms with Crippen LogP contribution < -0.4 is 0 Å². The molecule has 0 unspecified atom stereocenters. The molecule has 0 amide bonds. The first-order chi connectivity index (χ1) is 21.1. The Labute approximate surface area is 261 Å². The minimum atomic E-state index is -5.67. The number of rotatable bonds is 17. The highest BCUT2D eigenvalue weighted by Crippen LogP contribution is 2.41. The largest absolute Gasteiger partial charge is 0.508 e. The standard InChI is InChI=1S/C33H43F6NO4S/c1-40(19-6-7-20-45(43,44)21-9-17-32(35,36)33(37,38)39)18-5-3-2-4-11-29-27(25-13-16-30(34)31(42)23-25)12-8-10-24-22-26(41)14-15-28(24)29/h13-16,22-23,41-42H,2-12,17-21H2,1H3. The number of allylic oxidation sites excluding steroid dienone is 2. The van der Waals surface area contributed by atoms with Gasteiger partial charge in [-0.05, 0) is 130 Å². The Hall–Kier alpha value is -2.73. The Morgan fingerprint density at radius 2 is 1.49 bits per heavy atom. The predicted octanol–water partition coefficient (Wildman–Crippen LogP) is 8.54. The lowest BCUT2D eigenvalue weighted by Gasteiger charge is -2.19. The molecule has 0 saturated heterocycles. The highest BCUT2D eigenvalue weighted by atomic mass is 32.2. The zero-order chi connectivity index (χ0) is 33.3. The van der Waals surface area contributed by atoms with Crippen molar-refractivity contribution in [2.75, 3.05) is 31.6 Å². The molecule has 0 aromatic heterocycles. The Kier molecular flexibility index (Phi) is 13.2. The van der Waals surface area contributed by atoms with Gasteiger partial charge >= 0.3 is 12.1 Å². The van der Waals surface area contributed by atoms with Gasteiger partial charge in [-0.2, -0.15) is 22.0 Å². The lowest BCUT2D eigenvalue weighted by molar-refractivity contribution is -0.284. The summed E-state index contributed by atoms with van der Waals surface area (Å²) in [6.45, 7) is 1.45. The van der Waals surface area contributed by atoms with Crippen LogP contribution in [0, 0.1) is 5.82 Å². The Morgan fingerprint density at radius 3 is 2.18 bits per heavy atom. The first-order valence-electron chi connectivity index (χ1n) is 15.5. The maximum Gasteiger partial charge on any atom is 0.453 e. The van der Waals surface area contributed by atoms with Crippen LogP contribution in [0.15, 0.2) is 36.4 Å². The number of phenolic OH excluding ortho intramolecular Hbond substituents is 2. The zero-order valence-corrected chi connectivity index (χ0v) is 26.4. The number of alkyl halides is 5. The summed E-state index contributed by atoms with van der Waals surface area (Å²) in [7, 11) is -1.77. The Bertz CT molecular complexity index is 1410. The van der Waals surface area contributed by atoms with Gasteiger partial charge < -0.3 is 15.1 Å². The average Bonchev–Trinajstić information content (AvgIpc) is 3.12. The molecule has 252 valence electrons. The second-order valence-electron chi connectivity index (χ2n) is 12.0. The number of hydrogen-bond acceptors (Lipinski definition) is 5. The number of nitrogens with zero attached hydrogens (tertiary/aromatic N) is 1. The molecule has 0 radical (unpaired) electrons. The lowest BCUT2D eigenvalue weighted by Crippen LogP contribution is -2.36. The summed E-state index contributed by atoms with van der Waals surface area (Å²) in [5.41, 5.74) is 5.17. The number of phenols is 2. The number of aryl methyl sites for hydroxylation is 1. The molecule has 0 saturated carbocycles. The van der Waals surface area contributed by atoms with Crippen molar-refractivity contribution in [1.29, 1.82) is 0 Å². The van der Waals surface area contributed by atoms with Gasteiger partial charge in [0.15, 0.2) is 11.6 Å². The first-order valence-corrected chi connectivity index (χ1v) is 17.3. The van der Waals surface area contributed by atoms with E-state index < -0.39 is 46.3 Å². The van der Waals surface area contributed by atoms with Gasteiger partial charge in [0.25, 0.3) is 0 Å². The van der Waals surface area contributed by atoms with Crippen LogP contribution >= 0.6 is 0 Å². The molecule has 3 rings (SSSR count). The number of fused-ring (bicyclic) bond motifs is 1. The van der Waals surface area contributed by atoms with E-state index in [1.807, 2.05) is 13.1 Å². The van der Waals surface area contributed by atoms with Crippen molar-refractivity contribution in [1.82, 2.24) is 4.90 Å². The number of benzene rings is 2. The van der Waals surface area contributed by atoms with Gasteiger partial charge in [-0.1, -0.05) is 25.0 Å². The SMILES string of the molecule is CN(CCCCCCC1=C(c2ccc(F)c(O)c2)CCCc2cc(O)ccc21)CCCCS(=O)(=O)CCCC(F)(F)C(F)(F)F. The highest BCUT2D eigenvalue weighted by molar-refractivity contribution is 7.91. The van der Waals surface area contributed by atoms with Gasteiger partial charge in [0.2, 0.25) is 0 Å². The quantitative estimate of drug-likeness (QED) is 0.131. The van der Waals surface area contributed by atoms with Gasteiger partial charge in [0.05, 0.1) is 11.5 Å². The summed E-state index contributed by atoms with van der Waals surface area (Å²) >= 11 is 0. The summed E-state index contributed by atoms with van der Waals surface area (Å²) < 4.78 is 101. The van der Waals surface area contributed by atoms with Crippen molar-refractivity contribution in [2.24, 2.45) is 0 Å². The molecule has 1 aliphatic carbocycles. The molecule has 5 nitrogen and oxygen atoms in total. The van der Waals surface area contributed by atoms with E-state index in [-0.39, 0.29) is 17.3 Å². The number of hydrogen-bond donors (Lipinski definition) is 2. The fourth-order valence-corrected chi connectivity index (χ4v) is 7.20. The third kappa shape index (κ3) is 11.2. The lowest BCUT2D eigenvalue weighted by atomic mass is 9.89. The summed E-state index contributed by atoms with van der Waals surface area (Å²) in [4.78, 5) is 2.09. The molecule has 12 heteroatoms. The van der Waals surface area contributed by atoms with Gasteiger partial charge in [-0.15, -0.1) is 0 Å². The molecule has 2 aromatic rings. The van der Waals surface area contributed by atoms with Crippen molar-refractivity contribution < 1.29 is 45.0 Å². The van der Waals surface area contributed by atoms with E-state index >= 15 is 0 Å². The van der Waals surface area contributed by atoms with Crippen molar-refractivity contribution >= 4 is 21.0 Å². The van der Waals surface area contributed by atoms with Crippen LogP contribution in [0.5, 0.6) is 11.5 Å². The van der Waals surface area contributed by atoms with Crippen molar-refractivity contribution in [3.8, 4) is 11.5 Å². The summed E-state index contributed by atoms with van der Waals surface area (Å²) in [5.74, 6) is -6.64. The van der Waals surface area contributed by atoms with E-state index in [0.29, 0.717) is 19.4 Å². The van der Waals surface area contributed by atoms with Gasteiger partial charge in [-0.25, -0.2) is 12.8 Å². The zero-order valence-electron chi connectivity index (χ0n) is 25.6. The Morgan fingerprint density at radius 1 is 0.822 bits per heavy atom. The molecule has 0 bridgehead atoms. The molecule has 45 heavy (non-hydrogen) atoms. The number of unbranched alkanes of at least 4 members (excludes halogenated alkanes) is 4. The van der Waals surface area contributed by atoms with E-state index in [9.17, 15) is 45.0 Å². The molecular weight excluding hydrogens is 620 g/mol. The second-order valence-corrected chi connectivity index (χ2v) is 14.3. The van der Waals surface area contributed by atoms with E-state index in [4.69, 9.17) is 0 Å². The van der Waals surface area contributed by atoms with Crippen LogP contribution in [0.4, 0.5) is 26.3 Å². The molecule has 0 aliphatic heterocycles. The molecule has 0 heterocycles. The van der Waals surface area contributed by atoms with Crippen LogP contribution in [-0.4, -0.2) is 67.3 Å². The third-order valence-electron chi connectivity index (χ3n) is 8.27. The van der Waals surface area contributed by atoms with E-state index in [1.165, 1.54) is 12.1 Å². The number of halogens is 6. The van der Waals surface area contributed by atoms with Crippen LogP contribution in [0.2, 0.25) is 0 Å². The molecule has 0 spiro atoms. The summed E-state index contributed by atoms with van der Waals surface area (Å²) in [5, 5.41) is 20.0. The van der Waals surface area contributed by atoms with Gasteiger partial charge in [0, 0.05) is 6.42 Å². The maximum atomic E-state index is 13.8. The molecule has 0 fully saturated rings. The minimum absolute atomic E-state index is 0.217. The molecule has 2 aromatic carbocycles. The van der Waals surface area contributed by atoms with E-state index in [2.05, 4.69) is 4.90 Å². The molecule has 0 atom stereocenters. The first kappa shape index (κ1) is 36.7. The maximum absolute atomic E-state index is 13.8. The summed E-state index contributed by atoms with van der Waals surface area (Å²) in [6, 6.07) is 9.85. The van der Waals surface area contributed by atoms with Gasteiger partial charge in [-0.3, -0.25) is 0 Å². The van der Waals surface area contributed by atoms with Crippen molar-refractivity contribution in [2.45, 2.75) is 89.1 Å². The van der Waals surface area contributed by atoms with E-state index in [1.54, 1.807) is 18.2 Å². The van der Waals surface area contributed by atoms with Crippen LogP contribution in [0.1, 0.15) is 87.3 Å². The van der Waals surface area contributed by atoms with Crippen molar-refractivity contribution in [3.05, 3.63) is 58.9 Å². The fraction of sp³-hybridized carbons (Fsp3) is 0.576. The molecule has 1 aliphatic rings. The second kappa shape index (κ2) is 16.2. The van der Waals surface area contributed by atoms with E-state index in [0.717, 1.165) is 85.7 Å². The minimum Gasteiger partial charge on any atom is -0.508 e. The monoisotopic (exact) mass is 663 g/mol. The van der Waals surface area contributed by atoms with Crippen molar-refractivity contribution in [3.63, 3.8) is 0 Å². The average molecular weight is 664 g/mol. The summed E-state index contributed by atoms with van der Waals surface area (Å²) in [6.07, 6.45) is -0.0204. The highest BCUT2D eigenvalue weighted by Gasteiger charge is 2.56. The Balaban J connectivity index is 1.42. The van der Waals surface area contributed by atoms with Gasteiger partial charge in [0.1, 0.15) is 15.6 Å². The fourth-order valence-electron chi connectivity index (χ4n) is 5.77.